The summed E-state index contributed by atoms with van der Waals surface area (Å²) in [6, 6.07) is 16.1. The number of benzene rings is 2. The fourth-order valence-electron chi connectivity index (χ4n) is 2.32. The van der Waals surface area contributed by atoms with Crippen LogP contribution in [0.4, 0.5) is 0 Å². The lowest BCUT2D eigenvalue weighted by Crippen LogP contribution is -2.15. The van der Waals surface area contributed by atoms with E-state index in [9.17, 15) is 0 Å². The van der Waals surface area contributed by atoms with Gasteiger partial charge in [0.25, 0.3) is 0 Å². The van der Waals surface area contributed by atoms with Crippen molar-refractivity contribution in [2.24, 2.45) is 0 Å². The highest BCUT2D eigenvalue weighted by atomic mass is 16.6. The SMILES string of the molecule is COC(c1ccccc1)c1ccc2c(c1)OCCO2. The van der Waals surface area contributed by atoms with Gasteiger partial charge in [-0.05, 0) is 23.3 Å². The van der Waals surface area contributed by atoms with E-state index >= 15 is 0 Å². The van der Waals surface area contributed by atoms with E-state index in [4.69, 9.17) is 14.2 Å². The van der Waals surface area contributed by atoms with Gasteiger partial charge in [0.05, 0.1) is 0 Å². The summed E-state index contributed by atoms with van der Waals surface area (Å²) in [4.78, 5) is 0. The number of fused-ring (bicyclic) bond motifs is 1. The molecule has 3 heteroatoms. The van der Waals surface area contributed by atoms with Crippen LogP contribution in [0.15, 0.2) is 48.5 Å². The van der Waals surface area contributed by atoms with E-state index in [0.29, 0.717) is 13.2 Å². The van der Waals surface area contributed by atoms with Crippen LogP contribution in [-0.2, 0) is 4.74 Å². The topological polar surface area (TPSA) is 27.7 Å². The monoisotopic (exact) mass is 256 g/mol. The summed E-state index contributed by atoms with van der Waals surface area (Å²) >= 11 is 0. The predicted molar refractivity (Wildman–Crippen MR) is 72.7 cm³/mol. The van der Waals surface area contributed by atoms with Crippen LogP contribution in [0.3, 0.4) is 0 Å². The van der Waals surface area contributed by atoms with E-state index in [1.54, 1.807) is 7.11 Å². The molecule has 98 valence electrons. The molecule has 0 amide bonds. The molecule has 0 spiro atoms. The minimum atomic E-state index is -0.0861. The lowest BCUT2D eigenvalue weighted by atomic mass is 10.0. The zero-order valence-electron chi connectivity index (χ0n) is 10.8. The molecule has 1 atom stereocenters. The molecule has 0 radical (unpaired) electrons. The van der Waals surface area contributed by atoms with Crippen molar-refractivity contribution in [2.75, 3.05) is 20.3 Å². The Morgan fingerprint density at radius 3 is 2.37 bits per heavy atom. The molecule has 0 aromatic heterocycles. The van der Waals surface area contributed by atoms with Crippen LogP contribution in [0, 0.1) is 0 Å². The van der Waals surface area contributed by atoms with Crippen LogP contribution in [0.1, 0.15) is 17.2 Å². The van der Waals surface area contributed by atoms with Gasteiger partial charge in [-0.3, -0.25) is 0 Å². The van der Waals surface area contributed by atoms with Gasteiger partial charge in [0.15, 0.2) is 11.5 Å². The third-order valence-electron chi connectivity index (χ3n) is 3.21. The minimum absolute atomic E-state index is 0.0861. The van der Waals surface area contributed by atoms with Crippen molar-refractivity contribution in [2.45, 2.75) is 6.10 Å². The van der Waals surface area contributed by atoms with E-state index in [1.807, 2.05) is 36.4 Å². The van der Waals surface area contributed by atoms with Crippen LogP contribution in [-0.4, -0.2) is 20.3 Å². The van der Waals surface area contributed by atoms with E-state index < -0.39 is 0 Å². The van der Waals surface area contributed by atoms with Gasteiger partial charge < -0.3 is 14.2 Å². The van der Waals surface area contributed by atoms with E-state index in [1.165, 1.54) is 0 Å². The molecule has 0 aliphatic carbocycles. The molecule has 3 rings (SSSR count). The zero-order chi connectivity index (χ0) is 13.1. The molecule has 0 N–H and O–H groups in total. The maximum atomic E-state index is 5.62. The van der Waals surface area contributed by atoms with Gasteiger partial charge in [-0.2, -0.15) is 0 Å². The Morgan fingerprint density at radius 1 is 0.895 bits per heavy atom. The van der Waals surface area contributed by atoms with Crippen LogP contribution in [0.5, 0.6) is 11.5 Å². The first-order valence-corrected chi connectivity index (χ1v) is 6.36. The standard InChI is InChI=1S/C16H16O3/c1-17-16(12-5-3-2-4-6-12)13-7-8-14-15(11-13)19-10-9-18-14/h2-8,11,16H,9-10H2,1H3. The second-order valence-corrected chi connectivity index (χ2v) is 4.43. The van der Waals surface area contributed by atoms with E-state index in [2.05, 4.69) is 12.1 Å². The smallest absolute Gasteiger partial charge is 0.161 e. The van der Waals surface area contributed by atoms with Crippen LogP contribution >= 0.6 is 0 Å². The molecule has 19 heavy (non-hydrogen) atoms. The Kier molecular flexibility index (Phi) is 3.38. The van der Waals surface area contributed by atoms with Crippen LogP contribution < -0.4 is 9.47 Å². The molecule has 3 nitrogen and oxygen atoms in total. The molecule has 2 aromatic rings. The quantitative estimate of drug-likeness (QED) is 0.844. The normalized spacial score (nSPS) is 15.0. The Labute approximate surface area is 112 Å². The Hall–Kier alpha value is -2.00. The third kappa shape index (κ3) is 2.42. The average Bonchev–Trinajstić information content (AvgIpc) is 2.49. The van der Waals surface area contributed by atoms with Gasteiger partial charge in [-0.15, -0.1) is 0 Å². The van der Waals surface area contributed by atoms with Gasteiger partial charge in [-0.1, -0.05) is 36.4 Å². The Balaban J connectivity index is 1.96. The first kappa shape index (κ1) is 12.1. The summed E-state index contributed by atoms with van der Waals surface area (Å²) in [6.45, 7) is 1.21. The summed E-state index contributed by atoms with van der Waals surface area (Å²) in [5, 5.41) is 0. The summed E-state index contributed by atoms with van der Waals surface area (Å²) < 4.78 is 16.8. The van der Waals surface area contributed by atoms with Crippen molar-refractivity contribution >= 4 is 0 Å². The summed E-state index contributed by atoms with van der Waals surface area (Å²) in [5.74, 6) is 1.60. The molecule has 1 heterocycles. The number of rotatable bonds is 3. The summed E-state index contributed by atoms with van der Waals surface area (Å²) in [5.41, 5.74) is 2.19. The average molecular weight is 256 g/mol. The number of hydrogen-bond donors (Lipinski definition) is 0. The third-order valence-corrected chi connectivity index (χ3v) is 3.21. The molecular formula is C16H16O3. The van der Waals surface area contributed by atoms with Crippen molar-refractivity contribution in [1.82, 2.24) is 0 Å². The molecule has 2 aromatic carbocycles. The van der Waals surface area contributed by atoms with Crippen molar-refractivity contribution in [1.29, 1.82) is 0 Å². The summed E-state index contributed by atoms with van der Waals surface area (Å²) in [7, 11) is 1.72. The number of ether oxygens (including phenoxy) is 3. The maximum absolute atomic E-state index is 5.62. The van der Waals surface area contributed by atoms with Crippen molar-refractivity contribution in [3.63, 3.8) is 0 Å². The van der Waals surface area contributed by atoms with Gasteiger partial charge >= 0.3 is 0 Å². The van der Waals surface area contributed by atoms with Gasteiger partial charge in [-0.25, -0.2) is 0 Å². The van der Waals surface area contributed by atoms with Gasteiger partial charge in [0, 0.05) is 7.11 Å². The van der Waals surface area contributed by atoms with Crippen molar-refractivity contribution < 1.29 is 14.2 Å². The molecule has 0 saturated heterocycles. The lowest BCUT2D eigenvalue weighted by Gasteiger charge is -2.21. The molecular weight excluding hydrogens is 240 g/mol. The predicted octanol–water partition coefficient (Wildman–Crippen LogP) is 3.19. The number of hydrogen-bond acceptors (Lipinski definition) is 3. The lowest BCUT2D eigenvalue weighted by molar-refractivity contribution is 0.134. The molecule has 0 saturated carbocycles. The summed E-state index contributed by atoms with van der Waals surface area (Å²) in [6.07, 6.45) is -0.0861. The molecule has 1 aliphatic rings. The van der Waals surface area contributed by atoms with E-state index in [-0.39, 0.29) is 6.10 Å². The van der Waals surface area contributed by atoms with Crippen LogP contribution in [0.2, 0.25) is 0 Å². The maximum Gasteiger partial charge on any atom is 0.161 e. The highest BCUT2D eigenvalue weighted by Gasteiger charge is 2.17. The minimum Gasteiger partial charge on any atom is -0.486 e. The fraction of sp³-hybridized carbons (Fsp3) is 0.250. The highest BCUT2D eigenvalue weighted by Crippen LogP contribution is 2.35. The fourth-order valence-corrected chi connectivity index (χ4v) is 2.32. The molecule has 1 unspecified atom stereocenters. The second kappa shape index (κ2) is 5.33. The highest BCUT2D eigenvalue weighted by molar-refractivity contribution is 5.46. The van der Waals surface area contributed by atoms with Crippen LogP contribution in [0.25, 0.3) is 0 Å². The molecule has 1 aliphatic heterocycles. The number of methoxy groups -OCH3 is 1. The second-order valence-electron chi connectivity index (χ2n) is 4.43. The largest absolute Gasteiger partial charge is 0.486 e. The Bertz CT molecular complexity index is 551. The van der Waals surface area contributed by atoms with Gasteiger partial charge in [0.2, 0.25) is 0 Å². The van der Waals surface area contributed by atoms with Gasteiger partial charge in [0.1, 0.15) is 19.3 Å². The Morgan fingerprint density at radius 2 is 1.63 bits per heavy atom. The first-order chi connectivity index (χ1) is 9.38. The first-order valence-electron chi connectivity index (χ1n) is 6.36. The zero-order valence-corrected chi connectivity index (χ0v) is 10.8. The molecule has 0 fully saturated rings. The van der Waals surface area contributed by atoms with Crippen molar-refractivity contribution in [3.8, 4) is 11.5 Å². The molecule has 0 bridgehead atoms. The van der Waals surface area contributed by atoms with Crippen molar-refractivity contribution in [3.05, 3.63) is 59.7 Å². The van der Waals surface area contributed by atoms with E-state index in [0.717, 1.165) is 22.6 Å².